The third kappa shape index (κ3) is 1.85. The Balaban J connectivity index is 2.51. The van der Waals surface area contributed by atoms with Crippen molar-refractivity contribution >= 4 is 11.0 Å². The summed E-state index contributed by atoms with van der Waals surface area (Å²) in [6.07, 6.45) is 0.936. The van der Waals surface area contributed by atoms with Gasteiger partial charge >= 0.3 is 0 Å². The molecular formula is C14H19NO. The van der Waals surface area contributed by atoms with Gasteiger partial charge in [0.15, 0.2) is 0 Å². The minimum absolute atomic E-state index is 0.0141. The first-order valence-corrected chi connectivity index (χ1v) is 5.74. The van der Waals surface area contributed by atoms with Crippen LogP contribution in [0.15, 0.2) is 28.7 Å². The Hall–Kier alpha value is -1.28. The van der Waals surface area contributed by atoms with E-state index in [2.05, 4.69) is 45.0 Å². The van der Waals surface area contributed by atoms with Crippen LogP contribution in [0.4, 0.5) is 0 Å². The van der Waals surface area contributed by atoms with Gasteiger partial charge < -0.3 is 10.2 Å². The van der Waals surface area contributed by atoms with E-state index in [-0.39, 0.29) is 5.41 Å². The van der Waals surface area contributed by atoms with Crippen LogP contribution < -0.4 is 5.73 Å². The molecule has 2 aromatic rings. The second kappa shape index (κ2) is 3.95. The fourth-order valence-corrected chi connectivity index (χ4v) is 2.03. The molecule has 1 aromatic heterocycles. The highest BCUT2D eigenvalue weighted by molar-refractivity contribution is 5.81. The van der Waals surface area contributed by atoms with Gasteiger partial charge in [-0.25, -0.2) is 0 Å². The van der Waals surface area contributed by atoms with E-state index in [1.54, 1.807) is 0 Å². The molecule has 1 heterocycles. The minimum atomic E-state index is 0.0141. The van der Waals surface area contributed by atoms with Gasteiger partial charge in [-0.05, 0) is 31.5 Å². The zero-order valence-corrected chi connectivity index (χ0v) is 10.2. The van der Waals surface area contributed by atoms with Crippen LogP contribution in [-0.2, 0) is 5.41 Å². The highest BCUT2D eigenvalue weighted by atomic mass is 16.3. The lowest BCUT2D eigenvalue weighted by molar-refractivity contribution is 0.382. The zero-order chi connectivity index (χ0) is 11.8. The van der Waals surface area contributed by atoms with Crippen molar-refractivity contribution in [3.8, 4) is 0 Å². The third-order valence-corrected chi connectivity index (χ3v) is 3.18. The van der Waals surface area contributed by atoms with E-state index in [9.17, 15) is 0 Å². The molecule has 0 fully saturated rings. The van der Waals surface area contributed by atoms with Crippen LogP contribution in [0.3, 0.4) is 0 Å². The van der Waals surface area contributed by atoms with Gasteiger partial charge in [0.1, 0.15) is 11.3 Å². The second-order valence-corrected chi connectivity index (χ2v) is 5.03. The number of hydrogen-bond donors (Lipinski definition) is 1. The third-order valence-electron chi connectivity index (χ3n) is 3.18. The van der Waals surface area contributed by atoms with Gasteiger partial charge in [0.2, 0.25) is 0 Å². The summed E-state index contributed by atoms with van der Waals surface area (Å²) in [7, 11) is 0. The smallest absolute Gasteiger partial charge is 0.137 e. The van der Waals surface area contributed by atoms with E-state index < -0.39 is 0 Å². The summed E-state index contributed by atoms with van der Waals surface area (Å²) in [6.45, 7) is 7.11. The van der Waals surface area contributed by atoms with Crippen molar-refractivity contribution in [3.63, 3.8) is 0 Å². The standard InChI is InChI=1S/C14H19NO/c1-10-5-4-6-11-9-12(16-13(10)11)14(2,3)7-8-15/h4-6,9H,7-8,15H2,1-3H3. The van der Waals surface area contributed by atoms with Gasteiger partial charge in [-0.15, -0.1) is 0 Å². The summed E-state index contributed by atoms with van der Waals surface area (Å²) in [4.78, 5) is 0. The first kappa shape index (κ1) is 11.2. The summed E-state index contributed by atoms with van der Waals surface area (Å²) in [5, 5.41) is 1.18. The molecule has 2 rings (SSSR count). The monoisotopic (exact) mass is 217 g/mol. The van der Waals surface area contributed by atoms with Crippen molar-refractivity contribution in [1.29, 1.82) is 0 Å². The molecule has 0 atom stereocenters. The topological polar surface area (TPSA) is 39.2 Å². The maximum absolute atomic E-state index is 5.96. The maximum atomic E-state index is 5.96. The van der Waals surface area contributed by atoms with Crippen LogP contribution in [0.2, 0.25) is 0 Å². The van der Waals surface area contributed by atoms with Crippen molar-refractivity contribution in [2.75, 3.05) is 6.54 Å². The lowest BCUT2D eigenvalue weighted by Gasteiger charge is -2.20. The van der Waals surface area contributed by atoms with E-state index >= 15 is 0 Å². The highest BCUT2D eigenvalue weighted by Gasteiger charge is 2.24. The number of aryl methyl sites for hydroxylation is 1. The predicted octanol–water partition coefficient (Wildman–Crippen LogP) is 3.37. The number of benzene rings is 1. The molecule has 0 aliphatic rings. The minimum Gasteiger partial charge on any atom is -0.460 e. The van der Waals surface area contributed by atoms with Crippen LogP contribution in [-0.4, -0.2) is 6.54 Å². The molecule has 86 valence electrons. The summed E-state index contributed by atoms with van der Waals surface area (Å²) in [5.41, 5.74) is 7.84. The molecule has 2 nitrogen and oxygen atoms in total. The fraction of sp³-hybridized carbons (Fsp3) is 0.429. The Morgan fingerprint density at radius 1 is 1.31 bits per heavy atom. The largest absolute Gasteiger partial charge is 0.460 e. The fourth-order valence-electron chi connectivity index (χ4n) is 2.03. The Morgan fingerprint density at radius 2 is 2.06 bits per heavy atom. The Bertz CT molecular complexity index is 496. The van der Waals surface area contributed by atoms with Crippen LogP contribution in [0, 0.1) is 6.92 Å². The molecule has 0 spiro atoms. The number of rotatable bonds is 3. The molecule has 0 saturated heterocycles. The van der Waals surface area contributed by atoms with Gasteiger partial charge in [-0.3, -0.25) is 0 Å². The van der Waals surface area contributed by atoms with Gasteiger partial charge in [0.25, 0.3) is 0 Å². The van der Waals surface area contributed by atoms with Crippen molar-refractivity contribution in [3.05, 3.63) is 35.6 Å². The molecule has 0 amide bonds. The van der Waals surface area contributed by atoms with E-state index in [0.717, 1.165) is 17.8 Å². The normalized spacial score (nSPS) is 12.2. The number of hydrogen-bond acceptors (Lipinski definition) is 2. The summed E-state index contributed by atoms with van der Waals surface area (Å²) in [6, 6.07) is 8.37. The van der Waals surface area contributed by atoms with E-state index in [4.69, 9.17) is 10.2 Å². The summed E-state index contributed by atoms with van der Waals surface area (Å²) >= 11 is 0. The maximum Gasteiger partial charge on any atom is 0.137 e. The lowest BCUT2D eigenvalue weighted by Crippen LogP contribution is -2.20. The molecule has 2 N–H and O–H groups in total. The number of para-hydroxylation sites is 1. The van der Waals surface area contributed by atoms with Gasteiger partial charge in [-0.1, -0.05) is 32.0 Å². The first-order chi connectivity index (χ1) is 7.54. The second-order valence-electron chi connectivity index (χ2n) is 5.03. The SMILES string of the molecule is Cc1cccc2cc(C(C)(C)CCN)oc12. The molecule has 1 aromatic carbocycles. The predicted molar refractivity (Wildman–Crippen MR) is 67.6 cm³/mol. The van der Waals surface area contributed by atoms with Gasteiger partial charge in [-0.2, -0.15) is 0 Å². The zero-order valence-electron chi connectivity index (χ0n) is 10.2. The molecule has 0 aliphatic heterocycles. The average Bonchev–Trinajstić information content (AvgIpc) is 2.63. The molecule has 0 aliphatic carbocycles. The Labute approximate surface area is 96.4 Å². The first-order valence-electron chi connectivity index (χ1n) is 5.74. The van der Waals surface area contributed by atoms with Gasteiger partial charge in [0.05, 0.1) is 0 Å². The van der Waals surface area contributed by atoms with Crippen molar-refractivity contribution < 1.29 is 4.42 Å². The Morgan fingerprint density at radius 3 is 2.69 bits per heavy atom. The van der Waals surface area contributed by atoms with Crippen LogP contribution in [0.5, 0.6) is 0 Å². The van der Waals surface area contributed by atoms with Gasteiger partial charge in [0, 0.05) is 10.8 Å². The van der Waals surface area contributed by atoms with E-state index in [1.165, 1.54) is 10.9 Å². The summed E-state index contributed by atoms with van der Waals surface area (Å²) in [5.74, 6) is 1.03. The molecule has 16 heavy (non-hydrogen) atoms. The van der Waals surface area contributed by atoms with Crippen LogP contribution in [0.25, 0.3) is 11.0 Å². The molecule has 2 heteroatoms. The van der Waals surface area contributed by atoms with E-state index in [0.29, 0.717) is 6.54 Å². The number of nitrogens with two attached hydrogens (primary N) is 1. The summed E-state index contributed by atoms with van der Waals surface area (Å²) < 4.78 is 5.96. The van der Waals surface area contributed by atoms with Crippen LogP contribution in [0.1, 0.15) is 31.6 Å². The molecule has 0 bridgehead atoms. The van der Waals surface area contributed by atoms with Crippen LogP contribution >= 0.6 is 0 Å². The Kier molecular flexibility index (Phi) is 2.76. The average molecular weight is 217 g/mol. The van der Waals surface area contributed by atoms with Crippen molar-refractivity contribution in [1.82, 2.24) is 0 Å². The number of fused-ring (bicyclic) bond motifs is 1. The quantitative estimate of drug-likeness (QED) is 0.856. The molecule has 0 saturated carbocycles. The number of furan rings is 1. The van der Waals surface area contributed by atoms with E-state index in [1.807, 2.05) is 0 Å². The highest BCUT2D eigenvalue weighted by Crippen LogP contribution is 2.32. The molecular weight excluding hydrogens is 198 g/mol. The molecule has 0 radical (unpaired) electrons. The van der Waals surface area contributed by atoms with Crippen molar-refractivity contribution in [2.24, 2.45) is 5.73 Å². The molecule has 0 unspecified atom stereocenters. The lowest BCUT2D eigenvalue weighted by atomic mass is 9.86. The van der Waals surface area contributed by atoms with Crippen molar-refractivity contribution in [2.45, 2.75) is 32.6 Å².